The van der Waals surface area contributed by atoms with Crippen LogP contribution in [0, 0.1) is 6.92 Å². The van der Waals surface area contributed by atoms with Gasteiger partial charge < -0.3 is 10.2 Å². The van der Waals surface area contributed by atoms with Crippen LogP contribution in [-0.2, 0) is 16.0 Å². The Morgan fingerprint density at radius 1 is 1.03 bits per heavy atom. The van der Waals surface area contributed by atoms with Gasteiger partial charge >= 0.3 is 0 Å². The zero-order chi connectivity index (χ0) is 21.0. The fraction of sp³-hybridized carbons (Fsp3) is 0.364. The van der Waals surface area contributed by atoms with E-state index in [4.69, 9.17) is 23.2 Å². The van der Waals surface area contributed by atoms with Crippen LogP contribution in [0.2, 0.25) is 10.0 Å². The summed E-state index contributed by atoms with van der Waals surface area (Å²) in [5, 5.41) is 3.58. The van der Waals surface area contributed by atoms with Gasteiger partial charge in [0.05, 0.1) is 28.2 Å². The van der Waals surface area contributed by atoms with E-state index in [2.05, 4.69) is 10.2 Å². The Hall–Kier alpha value is -2.08. The molecule has 0 aromatic heterocycles. The number of carbonyl (C=O) groups is 2. The molecule has 0 spiro atoms. The van der Waals surface area contributed by atoms with E-state index >= 15 is 0 Å². The molecule has 7 heteroatoms. The van der Waals surface area contributed by atoms with Crippen molar-refractivity contribution in [1.29, 1.82) is 0 Å². The number of benzene rings is 2. The number of amides is 2. The van der Waals surface area contributed by atoms with Crippen LogP contribution in [0.5, 0.6) is 0 Å². The first-order valence-corrected chi connectivity index (χ1v) is 10.4. The second-order valence-electron chi connectivity index (χ2n) is 7.29. The zero-order valence-corrected chi connectivity index (χ0v) is 18.1. The van der Waals surface area contributed by atoms with Crippen molar-refractivity contribution in [1.82, 2.24) is 9.80 Å². The molecule has 5 nitrogen and oxygen atoms in total. The molecule has 2 aromatic rings. The van der Waals surface area contributed by atoms with E-state index in [-0.39, 0.29) is 17.9 Å². The van der Waals surface area contributed by atoms with Crippen LogP contribution >= 0.6 is 23.2 Å². The highest BCUT2D eigenvalue weighted by molar-refractivity contribution is 6.44. The molecule has 1 atom stereocenters. The molecule has 1 aliphatic rings. The third kappa shape index (κ3) is 5.30. The van der Waals surface area contributed by atoms with E-state index < -0.39 is 0 Å². The number of anilines is 1. The molecule has 0 bridgehead atoms. The molecule has 1 heterocycles. The minimum Gasteiger partial charge on any atom is -0.340 e. The first kappa shape index (κ1) is 21.6. The van der Waals surface area contributed by atoms with Crippen molar-refractivity contribution in [2.75, 3.05) is 31.5 Å². The summed E-state index contributed by atoms with van der Waals surface area (Å²) in [4.78, 5) is 29.2. The number of hydrogen-bond donors (Lipinski definition) is 1. The predicted molar refractivity (Wildman–Crippen MR) is 118 cm³/mol. The standard InChI is InChI=1S/C22H25Cl2N3O2/c1-15-6-3-4-7-17(15)14-20(28)27-12-10-26(11-13-27)16(2)22(29)25-19-9-5-8-18(23)21(19)24/h3-9,16H,10-14H2,1-2H3,(H,25,29). The normalized spacial score (nSPS) is 15.8. The van der Waals surface area contributed by atoms with Crippen LogP contribution in [0.4, 0.5) is 5.69 Å². The molecular weight excluding hydrogens is 409 g/mol. The molecule has 0 radical (unpaired) electrons. The molecule has 2 aromatic carbocycles. The molecule has 0 aliphatic carbocycles. The third-order valence-corrected chi connectivity index (χ3v) is 6.23. The van der Waals surface area contributed by atoms with Gasteiger partial charge in [-0.3, -0.25) is 14.5 Å². The van der Waals surface area contributed by atoms with Gasteiger partial charge in [0.2, 0.25) is 11.8 Å². The Labute approximate surface area is 181 Å². The summed E-state index contributed by atoms with van der Waals surface area (Å²) in [5.41, 5.74) is 2.69. The van der Waals surface area contributed by atoms with Crippen LogP contribution in [-0.4, -0.2) is 53.8 Å². The molecule has 154 valence electrons. The lowest BCUT2D eigenvalue weighted by atomic mass is 10.0. The largest absolute Gasteiger partial charge is 0.340 e. The predicted octanol–water partition coefficient (Wildman–Crippen LogP) is 4.02. The first-order chi connectivity index (χ1) is 13.9. The lowest BCUT2D eigenvalue weighted by Crippen LogP contribution is -2.54. The topological polar surface area (TPSA) is 52.7 Å². The van der Waals surface area contributed by atoms with E-state index in [0.717, 1.165) is 11.1 Å². The lowest BCUT2D eigenvalue weighted by molar-refractivity contribution is -0.133. The molecule has 1 fully saturated rings. The fourth-order valence-corrected chi connectivity index (χ4v) is 3.79. The minimum absolute atomic E-state index is 0.127. The Morgan fingerprint density at radius 2 is 1.72 bits per heavy atom. The number of carbonyl (C=O) groups excluding carboxylic acids is 2. The quantitative estimate of drug-likeness (QED) is 0.774. The second kappa shape index (κ2) is 9.61. The van der Waals surface area contributed by atoms with Gasteiger partial charge in [0.1, 0.15) is 0 Å². The summed E-state index contributed by atoms with van der Waals surface area (Å²) < 4.78 is 0. The van der Waals surface area contributed by atoms with Crippen molar-refractivity contribution in [3.05, 3.63) is 63.6 Å². The molecule has 3 rings (SSSR count). The van der Waals surface area contributed by atoms with Crippen LogP contribution in [0.1, 0.15) is 18.1 Å². The molecule has 1 saturated heterocycles. The van der Waals surface area contributed by atoms with E-state index in [9.17, 15) is 9.59 Å². The summed E-state index contributed by atoms with van der Waals surface area (Å²) in [5.74, 6) is -0.0179. The van der Waals surface area contributed by atoms with Gasteiger partial charge in [0.25, 0.3) is 0 Å². The van der Waals surface area contributed by atoms with Crippen molar-refractivity contribution < 1.29 is 9.59 Å². The van der Waals surface area contributed by atoms with E-state index in [0.29, 0.717) is 48.3 Å². The Morgan fingerprint density at radius 3 is 2.41 bits per heavy atom. The Kier molecular flexibility index (Phi) is 7.17. The van der Waals surface area contributed by atoms with Gasteiger partial charge in [-0.05, 0) is 37.1 Å². The monoisotopic (exact) mass is 433 g/mol. The van der Waals surface area contributed by atoms with Crippen molar-refractivity contribution in [2.24, 2.45) is 0 Å². The smallest absolute Gasteiger partial charge is 0.241 e. The number of nitrogens with zero attached hydrogens (tertiary/aromatic N) is 2. The van der Waals surface area contributed by atoms with Gasteiger partial charge in [0, 0.05) is 26.2 Å². The van der Waals surface area contributed by atoms with Crippen LogP contribution in [0.25, 0.3) is 0 Å². The Bertz CT molecular complexity index is 895. The number of halogens is 2. The van der Waals surface area contributed by atoms with Crippen molar-refractivity contribution in [3.63, 3.8) is 0 Å². The van der Waals surface area contributed by atoms with Crippen molar-refractivity contribution >= 4 is 40.7 Å². The Balaban J connectivity index is 1.53. The first-order valence-electron chi connectivity index (χ1n) is 9.68. The van der Waals surface area contributed by atoms with E-state index in [1.165, 1.54) is 0 Å². The van der Waals surface area contributed by atoms with E-state index in [1.54, 1.807) is 18.2 Å². The minimum atomic E-state index is -0.335. The highest BCUT2D eigenvalue weighted by Gasteiger charge is 2.28. The van der Waals surface area contributed by atoms with Crippen LogP contribution < -0.4 is 5.32 Å². The number of rotatable bonds is 5. The van der Waals surface area contributed by atoms with Crippen molar-refractivity contribution in [3.8, 4) is 0 Å². The molecular formula is C22H25Cl2N3O2. The summed E-state index contributed by atoms with van der Waals surface area (Å²) >= 11 is 12.2. The molecule has 1 unspecified atom stereocenters. The number of piperazine rings is 1. The number of aryl methyl sites for hydroxylation is 1. The summed E-state index contributed by atoms with van der Waals surface area (Å²) in [6.45, 7) is 6.40. The van der Waals surface area contributed by atoms with Gasteiger partial charge in [-0.15, -0.1) is 0 Å². The van der Waals surface area contributed by atoms with Gasteiger partial charge in [-0.1, -0.05) is 53.5 Å². The summed E-state index contributed by atoms with van der Waals surface area (Å²) in [6, 6.07) is 12.8. The van der Waals surface area contributed by atoms with Crippen LogP contribution in [0.15, 0.2) is 42.5 Å². The SMILES string of the molecule is Cc1ccccc1CC(=O)N1CCN(C(C)C(=O)Nc2cccc(Cl)c2Cl)CC1. The molecule has 1 aliphatic heterocycles. The van der Waals surface area contributed by atoms with Gasteiger partial charge in [-0.25, -0.2) is 0 Å². The summed E-state index contributed by atoms with van der Waals surface area (Å²) in [6.07, 6.45) is 0.413. The lowest BCUT2D eigenvalue weighted by Gasteiger charge is -2.37. The van der Waals surface area contributed by atoms with Crippen LogP contribution in [0.3, 0.4) is 0 Å². The highest BCUT2D eigenvalue weighted by Crippen LogP contribution is 2.29. The highest BCUT2D eigenvalue weighted by atomic mass is 35.5. The fourth-order valence-electron chi connectivity index (χ4n) is 3.45. The molecule has 0 saturated carbocycles. The number of hydrogen-bond acceptors (Lipinski definition) is 3. The maximum Gasteiger partial charge on any atom is 0.241 e. The van der Waals surface area contributed by atoms with Gasteiger partial charge in [-0.2, -0.15) is 0 Å². The zero-order valence-electron chi connectivity index (χ0n) is 16.6. The number of nitrogens with one attached hydrogen (secondary N) is 1. The average Bonchev–Trinajstić information content (AvgIpc) is 2.72. The van der Waals surface area contributed by atoms with Gasteiger partial charge in [0.15, 0.2) is 0 Å². The maximum absolute atomic E-state index is 12.6. The molecule has 2 amide bonds. The maximum atomic E-state index is 12.6. The molecule has 1 N–H and O–H groups in total. The average molecular weight is 434 g/mol. The third-order valence-electron chi connectivity index (χ3n) is 5.41. The summed E-state index contributed by atoms with van der Waals surface area (Å²) in [7, 11) is 0. The molecule has 29 heavy (non-hydrogen) atoms. The van der Waals surface area contributed by atoms with E-state index in [1.807, 2.05) is 43.0 Å². The second-order valence-corrected chi connectivity index (χ2v) is 8.07. The van der Waals surface area contributed by atoms with Crippen molar-refractivity contribution in [2.45, 2.75) is 26.3 Å².